The molecule has 5 aromatic carbocycles. The van der Waals surface area contributed by atoms with Crippen molar-refractivity contribution in [2.45, 2.75) is 144 Å². The van der Waals surface area contributed by atoms with Crippen molar-refractivity contribution in [3.63, 3.8) is 0 Å². The van der Waals surface area contributed by atoms with Gasteiger partial charge in [-0.15, -0.1) is 0 Å². The Labute approximate surface area is 649 Å². The highest BCUT2D eigenvalue weighted by Gasteiger charge is 2.37. The number of aliphatic carboxylic acids is 1. The molecular weight excluding hydrogens is 1450 g/mol. The third-order valence-electron chi connectivity index (χ3n) is 19.8. The summed E-state index contributed by atoms with van der Waals surface area (Å²) in [6.07, 6.45) is 8.99. The van der Waals surface area contributed by atoms with Crippen LogP contribution in [0.1, 0.15) is 85.6 Å². The molecule has 0 bridgehead atoms. The third-order valence-corrected chi connectivity index (χ3v) is 19.8. The van der Waals surface area contributed by atoms with Crippen molar-refractivity contribution in [2.24, 2.45) is 28.7 Å². The Kier molecular flexibility index (Phi) is 29.1. The summed E-state index contributed by atoms with van der Waals surface area (Å²) in [5, 5.41) is 68.0. The van der Waals surface area contributed by atoms with E-state index in [0.29, 0.717) is 79.8 Å². The van der Waals surface area contributed by atoms with Gasteiger partial charge < -0.3 is 117 Å². The van der Waals surface area contributed by atoms with Crippen molar-refractivity contribution in [2.75, 3.05) is 26.2 Å². The molecule has 9 atom stereocenters. The van der Waals surface area contributed by atoms with Crippen LogP contribution in [-0.4, -0.2) is 182 Å². The lowest BCUT2D eigenvalue weighted by molar-refractivity contribution is -0.142. The van der Waals surface area contributed by atoms with Gasteiger partial charge in [0.15, 0.2) is 17.9 Å². The molecule has 113 heavy (non-hydrogen) atoms. The van der Waals surface area contributed by atoms with E-state index in [1.54, 1.807) is 43.1 Å². The molecule has 0 unspecified atom stereocenters. The molecule has 34 heteroatoms. The Morgan fingerprint density at radius 2 is 0.549 bits per heavy atom. The van der Waals surface area contributed by atoms with Gasteiger partial charge in [0.1, 0.15) is 48.3 Å². The number of carbonyl (C=O) groups excluding carboxylic acids is 8. The van der Waals surface area contributed by atoms with Crippen LogP contribution in [0.25, 0.3) is 54.5 Å². The van der Waals surface area contributed by atoms with Crippen LogP contribution in [0.4, 0.5) is 0 Å². The van der Waals surface area contributed by atoms with Gasteiger partial charge in [-0.1, -0.05) is 91.0 Å². The number of amides is 8. The third kappa shape index (κ3) is 22.9. The fraction of sp³-hybridized carbons (Fsp3) is 0.342. The summed E-state index contributed by atoms with van der Waals surface area (Å²) in [6, 6.07) is 23.8. The number of guanidine groups is 3. The van der Waals surface area contributed by atoms with E-state index < -0.39 is 108 Å². The number of carboxylic acid groups (broad SMARTS) is 1. The Morgan fingerprint density at radius 1 is 0.319 bits per heavy atom. The van der Waals surface area contributed by atoms with E-state index in [1.165, 1.54) is 0 Å². The molecule has 0 aliphatic carbocycles. The zero-order valence-electron chi connectivity index (χ0n) is 62.4. The smallest absolute Gasteiger partial charge is 0.326 e. The molecule has 0 radical (unpaired) electrons. The van der Waals surface area contributed by atoms with Crippen molar-refractivity contribution in [3.05, 3.63) is 180 Å². The first-order valence-corrected chi connectivity index (χ1v) is 37.6. The highest BCUT2D eigenvalue weighted by Crippen LogP contribution is 2.26. The Morgan fingerprint density at radius 3 is 0.823 bits per heavy atom. The first-order valence-electron chi connectivity index (χ1n) is 37.6. The summed E-state index contributed by atoms with van der Waals surface area (Å²) in [7, 11) is 0. The topological polar surface area (TPSA) is 587 Å². The number of hydrogen-bond donors (Lipinski definition) is 25. The summed E-state index contributed by atoms with van der Waals surface area (Å²) < 4.78 is 0. The standard InChI is InChI=1S/C79H100N24O10/c80-30-12-11-27-60(97-70(106)61(28-14-32-89-78(84)85)96-68(104)54(81)21-13-31-88-77(82)83)69(105)98-62(29-15-33-90-79(86)87)71(107)99-63(34-44-39-91-55-22-6-1-16-49(44)55)72(108)100-64(35-45-40-92-56-23-7-2-17-50(45)56)73(109)101-65(36-46-41-93-57-24-8-3-18-51(46)57)74(110)102-66(37-47-42-94-58-25-9-4-19-52(47)58)75(111)103-67(76(112)113)38-48-43-95-59-26-10-5-20-53(48)59/h1-10,16-20,22-26,39-43,54,60-67,91-95H,11-15,21,27-38,80-81H2,(H,96,104)(H,97,106)(H,98,105)(H,99,107)(H,100,108)(H,101,109)(H,102,110)(H,103,111)(H,112,113)(H4,82,83,88)(H4,84,85,89)(H4,86,87,90)/t54-,60-,61-,62-,63-,64-,65-,66-,67-/m0/s1. The van der Waals surface area contributed by atoms with E-state index in [-0.39, 0.29) is 115 Å². The van der Waals surface area contributed by atoms with Gasteiger partial charge in [0.2, 0.25) is 47.3 Å². The van der Waals surface area contributed by atoms with Crippen LogP contribution in [0.15, 0.2) is 152 Å². The van der Waals surface area contributed by atoms with Gasteiger partial charge in [0, 0.05) is 137 Å². The molecule has 0 saturated carbocycles. The number of nitrogens with one attached hydrogen (secondary N) is 19. The Hall–Kier alpha value is -13.2. The fourth-order valence-corrected chi connectivity index (χ4v) is 13.9. The number of nitrogens with two attached hydrogens (primary N) is 5. The number of unbranched alkanes of at least 4 members (excludes halogenated alkanes) is 1. The normalized spacial score (nSPS) is 13.8. The van der Waals surface area contributed by atoms with E-state index >= 15 is 24.0 Å². The largest absolute Gasteiger partial charge is 0.480 e. The van der Waals surface area contributed by atoms with Crippen LogP contribution in [0, 0.1) is 16.2 Å². The van der Waals surface area contributed by atoms with Crippen LogP contribution >= 0.6 is 0 Å². The summed E-state index contributed by atoms with van der Waals surface area (Å²) in [5.41, 5.74) is 35.4. The monoisotopic (exact) mass is 1540 g/mol. The van der Waals surface area contributed by atoms with Gasteiger partial charge in [-0.2, -0.15) is 0 Å². The fourth-order valence-electron chi connectivity index (χ4n) is 13.9. The molecule has 30 N–H and O–H groups in total. The van der Waals surface area contributed by atoms with Gasteiger partial charge >= 0.3 is 5.97 Å². The van der Waals surface area contributed by atoms with Crippen molar-refractivity contribution >= 4 is 126 Å². The Bertz CT molecular complexity index is 5020. The Balaban J connectivity index is 0.965. The first kappa shape index (κ1) is 82.3. The summed E-state index contributed by atoms with van der Waals surface area (Å²) >= 11 is 0. The number of H-pyrrole nitrogens is 5. The highest BCUT2D eigenvalue weighted by molar-refractivity contribution is 6.00. The number of hydrogen-bond acceptors (Lipinski definition) is 14. The van der Waals surface area contributed by atoms with Crippen molar-refractivity contribution in [1.29, 1.82) is 16.2 Å². The minimum atomic E-state index is -1.55. The molecule has 5 aromatic heterocycles. The molecule has 0 aliphatic heterocycles. The number of carbonyl (C=O) groups is 9. The number of aromatic amines is 5. The second-order valence-electron chi connectivity index (χ2n) is 28.0. The van der Waals surface area contributed by atoms with Crippen LogP contribution < -0.4 is 87.2 Å². The zero-order valence-corrected chi connectivity index (χ0v) is 62.4. The molecule has 10 aromatic rings. The number of rotatable bonds is 43. The maximum atomic E-state index is 15.9. The van der Waals surface area contributed by atoms with Gasteiger partial charge in [-0.25, -0.2) is 4.79 Å². The van der Waals surface area contributed by atoms with E-state index in [1.807, 2.05) is 109 Å². The first-order chi connectivity index (χ1) is 54.5. The quantitative estimate of drug-likeness (QED) is 0.0147. The highest BCUT2D eigenvalue weighted by atomic mass is 16.4. The average Bonchev–Trinajstić information content (AvgIpc) is 1.70. The zero-order chi connectivity index (χ0) is 80.5. The van der Waals surface area contributed by atoms with Gasteiger partial charge in [0.05, 0.1) is 6.04 Å². The van der Waals surface area contributed by atoms with Crippen molar-refractivity contribution < 1.29 is 48.3 Å². The van der Waals surface area contributed by atoms with E-state index in [9.17, 15) is 24.3 Å². The minimum absolute atomic E-state index is 0.00123. The van der Waals surface area contributed by atoms with Crippen LogP contribution in [0.3, 0.4) is 0 Å². The van der Waals surface area contributed by atoms with Crippen molar-refractivity contribution in [3.8, 4) is 0 Å². The van der Waals surface area contributed by atoms with Crippen LogP contribution in [-0.2, 0) is 75.3 Å². The van der Waals surface area contributed by atoms with Gasteiger partial charge in [-0.05, 0) is 122 Å². The van der Waals surface area contributed by atoms with Gasteiger partial charge in [-0.3, -0.25) is 54.6 Å². The SMILES string of the molecule is N=C(N)NCCC[C@H](NC(=O)[C@H](CCCCN)NC(=O)[C@H](CCCNC(=N)N)NC(=O)[C@@H](N)CCCNC(=N)N)C(=O)N[C@@H](Cc1c[nH]c2ccccc12)C(=O)N[C@@H](Cc1c[nH]c2ccccc12)C(=O)N[C@@H](Cc1c[nH]c2ccccc12)C(=O)N[C@@H](Cc1c[nH]c2ccccc12)C(=O)N[C@@H](Cc1c[nH]c2ccccc12)C(=O)O. The molecule has 0 fully saturated rings. The lowest BCUT2D eigenvalue weighted by Crippen LogP contribution is -2.61. The number of benzene rings is 5. The lowest BCUT2D eigenvalue weighted by atomic mass is 9.99. The molecule has 0 spiro atoms. The van der Waals surface area contributed by atoms with Gasteiger partial charge in [0.25, 0.3) is 0 Å². The maximum Gasteiger partial charge on any atom is 0.326 e. The number of aromatic nitrogens is 5. The minimum Gasteiger partial charge on any atom is -0.480 e. The summed E-state index contributed by atoms with van der Waals surface area (Å²) in [4.78, 5) is 150. The average molecular weight is 1550 g/mol. The molecular formula is C79H100N24O10. The number of carboxylic acids is 1. The molecule has 8 amide bonds. The molecule has 0 saturated heterocycles. The van der Waals surface area contributed by atoms with E-state index in [2.05, 4.69) is 83.4 Å². The molecule has 34 nitrogen and oxygen atoms in total. The van der Waals surface area contributed by atoms with Crippen LogP contribution in [0.5, 0.6) is 0 Å². The summed E-state index contributed by atoms with van der Waals surface area (Å²) in [5.74, 6) is -8.90. The van der Waals surface area contributed by atoms with E-state index in [4.69, 9.17) is 44.9 Å². The van der Waals surface area contributed by atoms with Crippen molar-refractivity contribution in [1.82, 2.24) is 83.4 Å². The number of para-hydroxylation sites is 5. The van der Waals surface area contributed by atoms with E-state index in [0.717, 1.165) is 21.8 Å². The predicted octanol–water partition coefficient (Wildman–Crippen LogP) is 1.82. The maximum absolute atomic E-state index is 15.9. The molecule has 0 aliphatic rings. The van der Waals surface area contributed by atoms with Crippen LogP contribution in [0.2, 0.25) is 0 Å². The summed E-state index contributed by atoms with van der Waals surface area (Å²) in [6.45, 7) is 0.675. The molecule has 10 rings (SSSR count). The predicted molar refractivity (Wildman–Crippen MR) is 431 cm³/mol. The lowest BCUT2D eigenvalue weighted by Gasteiger charge is -2.28. The number of fused-ring (bicyclic) bond motifs is 5. The molecule has 596 valence electrons. The second-order valence-corrected chi connectivity index (χ2v) is 28.0. The second kappa shape index (κ2) is 39.9. The molecule has 5 heterocycles.